The molecule has 0 saturated heterocycles. The van der Waals surface area contributed by atoms with E-state index in [1.54, 1.807) is 18.2 Å². The van der Waals surface area contributed by atoms with E-state index in [-0.39, 0.29) is 24.1 Å². The number of nitrogens with one attached hydrogen (secondary N) is 1. The van der Waals surface area contributed by atoms with Gasteiger partial charge in [-0.05, 0) is 35.7 Å². The molecule has 0 fully saturated rings. The zero-order chi connectivity index (χ0) is 20.9. The number of hydrogen-bond donors (Lipinski definition) is 1. The molecule has 150 valence electrons. The standard InChI is InChI=1S/C24H20ClN3O2/c25-19-11-12-21-20(14-19)24(30)28(16-26-21)15-23(29)27-22(18-9-5-2-6-10-18)13-17-7-3-1-4-8-17/h1-12,14,16,22H,13,15H2,(H,27,29). The highest BCUT2D eigenvalue weighted by Gasteiger charge is 2.16. The van der Waals surface area contributed by atoms with E-state index in [1.165, 1.54) is 10.9 Å². The number of rotatable bonds is 6. The van der Waals surface area contributed by atoms with Crippen LogP contribution in [0.15, 0.2) is 90.0 Å². The van der Waals surface area contributed by atoms with Crippen molar-refractivity contribution >= 4 is 28.4 Å². The summed E-state index contributed by atoms with van der Waals surface area (Å²) in [7, 11) is 0. The minimum Gasteiger partial charge on any atom is -0.347 e. The first-order chi connectivity index (χ1) is 14.6. The Hall–Kier alpha value is -3.44. The Morgan fingerprint density at radius 1 is 1.00 bits per heavy atom. The van der Waals surface area contributed by atoms with E-state index in [2.05, 4.69) is 10.3 Å². The number of benzene rings is 3. The quantitative estimate of drug-likeness (QED) is 0.512. The van der Waals surface area contributed by atoms with E-state index in [0.29, 0.717) is 22.3 Å². The Kier molecular flexibility index (Phi) is 5.91. The first-order valence-corrected chi connectivity index (χ1v) is 10.0. The molecule has 1 aromatic heterocycles. The maximum Gasteiger partial charge on any atom is 0.261 e. The van der Waals surface area contributed by atoms with Gasteiger partial charge in [0.1, 0.15) is 6.54 Å². The second-order valence-corrected chi connectivity index (χ2v) is 7.50. The maximum absolute atomic E-state index is 12.8. The molecule has 0 aliphatic rings. The predicted octanol–water partition coefficient (Wildman–Crippen LogP) is 4.15. The Morgan fingerprint density at radius 3 is 2.43 bits per heavy atom. The van der Waals surface area contributed by atoms with Crippen LogP contribution in [0.25, 0.3) is 10.9 Å². The van der Waals surface area contributed by atoms with Gasteiger partial charge in [-0.15, -0.1) is 0 Å². The Morgan fingerprint density at radius 2 is 1.70 bits per heavy atom. The molecular weight excluding hydrogens is 398 g/mol. The molecule has 3 aromatic carbocycles. The number of nitrogens with zero attached hydrogens (tertiary/aromatic N) is 2. The molecule has 6 heteroatoms. The molecule has 1 N–H and O–H groups in total. The minimum atomic E-state index is -0.294. The highest BCUT2D eigenvalue weighted by Crippen LogP contribution is 2.18. The summed E-state index contributed by atoms with van der Waals surface area (Å²) in [5.74, 6) is -0.259. The van der Waals surface area contributed by atoms with Gasteiger partial charge in [0.2, 0.25) is 5.91 Å². The van der Waals surface area contributed by atoms with Crippen molar-refractivity contribution in [3.63, 3.8) is 0 Å². The zero-order valence-electron chi connectivity index (χ0n) is 16.2. The number of hydrogen-bond acceptors (Lipinski definition) is 3. The molecule has 0 aliphatic heterocycles. The van der Waals surface area contributed by atoms with Gasteiger partial charge in [-0.3, -0.25) is 14.2 Å². The van der Waals surface area contributed by atoms with Crippen molar-refractivity contribution in [3.8, 4) is 0 Å². The summed E-state index contributed by atoms with van der Waals surface area (Å²) < 4.78 is 1.30. The van der Waals surface area contributed by atoms with E-state index < -0.39 is 0 Å². The van der Waals surface area contributed by atoms with Gasteiger partial charge in [0, 0.05) is 5.02 Å². The largest absolute Gasteiger partial charge is 0.347 e. The molecule has 1 unspecified atom stereocenters. The van der Waals surface area contributed by atoms with Crippen LogP contribution in [0, 0.1) is 0 Å². The van der Waals surface area contributed by atoms with Crippen LogP contribution in [0.2, 0.25) is 5.02 Å². The summed E-state index contributed by atoms with van der Waals surface area (Å²) in [6.45, 7) is -0.119. The van der Waals surface area contributed by atoms with Crippen molar-refractivity contribution < 1.29 is 4.79 Å². The number of carbonyl (C=O) groups is 1. The summed E-state index contributed by atoms with van der Waals surface area (Å²) in [5.41, 5.74) is 2.38. The Labute approximate surface area is 179 Å². The second kappa shape index (κ2) is 8.93. The van der Waals surface area contributed by atoms with Gasteiger partial charge in [0.25, 0.3) is 5.56 Å². The number of fused-ring (bicyclic) bond motifs is 1. The fourth-order valence-corrected chi connectivity index (χ4v) is 3.60. The number of amides is 1. The highest BCUT2D eigenvalue weighted by atomic mass is 35.5. The molecule has 0 spiro atoms. The van der Waals surface area contributed by atoms with Gasteiger partial charge in [-0.25, -0.2) is 4.98 Å². The number of carbonyl (C=O) groups excluding carboxylic acids is 1. The lowest BCUT2D eigenvalue weighted by molar-refractivity contribution is -0.122. The number of halogens is 1. The van der Waals surface area contributed by atoms with Gasteiger partial charge < -0.3 is 5.32 Å². The normalized spacial score (nSPS) is 11.9. The molecule has 1 amide bonds. The van der Waals surface area contributed by atoms with Crippen molar-refractivity contribution in [3.05, 3.63) is 112 Å². The first kappa shape index (κ1) is 19.9. The zero-order valence-corrected chi connectivity index (χ0v) is 16.9. The lowest BCUT2D eigenvalue weighted by Crippen LogP contribution is -2.35. The fourth-order valence-electron chi connectivity index (χ4n) is 3.43. The van der Waals surface area contributed by atoms with Gasteiger partial charge in [0.15, 0.2) is 0 Å². The lowest BCUT2D eigenvalue weighted by Gasteiger charge is -2.20. The smallest absolute Gasteiger partial charge is 0.261 e. The van der Waals surface area contributed by atoms with Gasteiger partial charge >= 0.3 is 0 Å². The minimum absolute atomic E-state index is 0.119. The molecule has 5 nitrogen and oxygen atoms in total. The average molecular weight is 418 g/mol. The summed E-state index contributed by atoms with van der Waals surface area (Å²) in [5, 5.41) is 3.91. The molecule has 0 aliphatic carbocycles. The van der Waals surface area contributed by atoms with Crippen LogP contribution in [0.3, 0.4) is 0 Å². The molecular formula is C24H20ClN3O2. The van der Waals surface area contributed by atoms with Crippen LogP contribution in [-0.2, 0) is 17.8 Å². The van der Waals surface area contributed by atoms with E-state index >= 15 is 0 Å². The lowest BCUT2D eigenvalue weighted by atomic mass is 9.99. The van der Waals surface area contributed by atoms with Crippen LogP contribution in [0.4, 0.5) is 0 Å². The summed E-state index contributed by atoms with van der Waals surface area (Å²) in [6.07, 6.45) is 2.05. The Balaban J connectivity index is 1.56. The maximum atomic E-state index is 12.8. The summed E-state index contributed by atoms with van der Waals surface area (Å²) in [4.78, 5) is 29.8. The Bertz CT molecular complexity index is 1220. The highest BCUT2D eigenvalue weighted by molar-refractivity contribution is 6.31. The van der Waals surface area contributed by atoms with Crippen LogP contribution < -0.4 is 10.9 Å². The third kappa shape index (κ3) is 4.58. The van der Waals surface area contributed by atoms with Crippen LogP contribution in [0.1, 0.15) is 17.2 Å². The molecule has 0 saturated carbocycles. The van der Waals surface area contributed by atoms with Crippen molar-refractivity contribution in [1.29, 1.82) is 0 Å². The molecule has 0 radical (unpaired) electrons. The van der Waals surface area contributed by atoms with Crippen LogP contribution >= 0.6 is 11.6 Å². The molecule has 1 atom stereocenters. The van der Waals surface area contributed by atoms with E-state index in [1.807, 2.05) is 60.7 Å². The summed E-state index contributed by atoms with van der Waals surface area (Å²) in [6, 6.07) is 24.5. The molecule has 1 heterocycles. The first-order valence-electron chi connectivity index (χ1n) is 9.63. The third-order valence-electron chi connectivity index (χ3n) is 4.92. The van der Waals surface area contributed by atoms with Crippen LogP contribution in [0.5, 0.6) is 0 Å². The average Bonchev–Trinajstić information content (AvgIpc) is 2.77. The van der Waals surface area contributed by atoms with Crippen molar-refractivity contribution in [2.24, 2.45) is 0 Å². The van der Waals surface area contributed by atoms with Gasteiger partial charge in [-0.1, -0.05) is 72.3 Å². The molecule has 0 bridgehead atoms. The second-order valence-electron chi connectivity index (χ2n) is 7.06. The molecule has 4 rings (SSSR count). The third-order valence-corrected chi connectivity index (χ3v) is 5.15. The van der Waals surface area contributed by atoms with Gasteiger partial charge in [-0.2, -0.15) is 0 Å². The van der Waals surface area contributed by atoms with E-state index in [4.69, 9.17) is 11.6 Å². The van der Waals surface area contributed by atoms with E-state index in [9.17, 15) is 9.59 Å². The van der Waals surface area contributed by atoms with Crippen molar-refractivity contribution in [2.45, 2.75) is 19.0 Å². The van der Waals surface area contributed by atoms with Crippen molar-refractivity contribution in [2.75, 3.05) is 0 Å². The van der Waals surface area contributed by atoms with Crippen molar-refractivity contribution in [1.82, 2.24) is 14.9 Å². The predicted molar refractivity (Wildman–Crippen MR) is 118 cm³/mol. The SMILES string of the molecule is O=C(Cn1cnc2ccc(Cl)cc2c1=O)NC(Cc1ccccc1)c1ccccc1. The van der Waals surface area contributed by atoms with Crippen LogP contribution in [-0.4, -0.2) is 15.5 Å². The number of aromatic nitrogens is 2. The molecule has 4 aromatic rings. The summed E-state index contributed by atoms with van der Waals surface area (Å²) >= 11 is 6.01. The topological polar surface area (TPSA) is 64.0 Å². The fraction of sp³-hybridized carbons (Fsp3) is 0.125. The molecule has 30 heavy (non-hydrogen) atoms. The van der Waals surface area contributed by atoms with E-state index in [0.717, 1.165) is 11.1 Å². The monoisotopic (exact) mass is 417 g/mol. The van der Waals surface area contributed by atoms with Gasteiger partial charge in [0.05, 0.1) is 23.3 Å².